The summed E-state index contributed by atoms with van der Waals surface area (Å²) in [5.74, 6) is -0.571. The molecule has 0 spiro atoms. The summed E-state index contributed by atoms with van der Waals surface area (Å²) in [6.07, 6.45) is 1.52. The van der Waals surface area contributed by atoms with Crippen LogP contribution < -0.4 is 4.90 Å². The molecule has 0 radical (unpaired) electrons. The van der Waals surface area contributed by atoms with Gasteiger partial charge >= 0.3 is 0 Å². The molecule has 2 aromatic carbocycles. The van der Waals surface area contributed by atoms with Crippen LogP contribution in [0, 0.1) is 0 Å². The zero-order valence-corrected chi connectivity index (χ0v) is 17.6. The van der Waals surface area contributed by atoms with E-state index in [9.17, 15) is 13.2 Å². The highest BCUT2D eigenvalue weighted by Crippen LogP contribution is 2.30. The maximum absolute atomic E-state index is 13.1. The van der Waals surface area contributed by atoms with Crippen molar-refractivity contribution in [3.63, 3.8) is 0 Å². The van der Waals surface area contributed by atoms with Gasteiger partial charge in [0.2, 0.25) is 5.91 Å². The van der Waals surface area contributed by atoms with Gasteiger partial charge in [-0.25, -0.2) is 13.4 Å². The minimum atomic E-state index is -3.55. The Morgan fingerprint density at radius 3 is 2.40 bits per heavy atom. The molecular weight excluding hydrogens is 418 g/mol. The van der Waals surface area contributed by atoms with Crippen LogP contribution in [0.3, 0.4) is 0 Å². The van der Waals surface area contributed by atoms with Gasteiger partial charge in [0, 0.05) is 12.6 Å². The number of sulfone groups is 1. The maximum atomic E-state index is 13.1. The number of aromatic nitrogens is 2. The second kappa shape index (κ2) is 8.73. The highest BCUT2D eigenvalue weighted by Gasteiger charge is 2.23. The van der Waals surface area contributed by atoms with E-state index in [1.807, 2.05) is 36.4 Å². The van der Waals surface area contributed by atoms with Crippen LogP contribution in [0.15, 0.2) is 83.9 Å². The Morgan fingerprint density at radius 1 is 0.933 bits per heavy atom. The minimum Gasteiger partial charge on any atom is -0.282 e. The lowest BCUT2D eigenvalue weighted by Crippen LogP contribution is -2.32. The summed E-state index contributed by atoms with van der Waals surface area (Å²) in [5.41, 5.74) is 1.50. The number of fused-ring (bicyclic) bond motifs is 1. The van der Waals surface area contributed by atoms with Gasteiger partial charge in [0.05, 0.1) is 33.1 Å². The Morgan fingerprint density at radius 2 is 1.67 bits per heavy atom. The molecule has 0 unspecified atom stereocenters. The summed E-state index contributed by atoms with van der Waals surface area (Å²) in [5, 5.41) is 0.531. The van der Waals surface area contributed by atoms with Gasteiger partial charge in [-0.15, -0.1) is 0 Å². The fourth-order valence-electron chi connectivity index (χ4n) is 2.99. The van der Waals surface area contributed by atoms with Crippen LogP contribution in [0.4, 0.5) is 5.13 Å². The van der Waals surface area contributed by atoms with Gasteiger partial charge < -0.3 is 0 Å². The van der Waals surface area contributed by atoms with Crippen LogP contribution >= 0.6 is 11.3 Å². The molecule has 0 saturated heterocycles. The van der Waals surface area contributed by atoms with E-state index in [2.05, 4.69) is 9.97 Å². The van der Waals surface area contributed by atoms with E-state index < -0.39 is 9.84 Å². The van der Waals surface area contributed by atoms with Crippen LogP contribution in [0.2, 0.25) is 0 Å². The average Bonchev–Trinajstić information content (AvgIpc) is 3.21. The van der Waals surface area contributed by atoms with Crippen molar-refractivity contribution in [2.75, 3.05) is 10.7 Å². The van der Waals surface area contributed by atoms with E-state index in [1.165, 1.54) is 16.2 Å². The number of amides is 1. The van der Waals surface area contributed by atoms with Gasteiger partial charge in [-0.3, -0.25) is 14.7 Å². The standard InChI is InChI=1S/C22H19N3O3S2/c26-21(13-15-30(27,28)18-9-2-1-3-10-18)25(16-17-8-6-7-14-23-17)22-24-19-11-4-5-12-20(19)29-22/h1-12,14H,13,15-16H2. The van der Waals surface area contributed by atoms with Crippen LogP contribution in [-0.4, -0.2) is 30.0 Å². The Kier molecular flexibility index (Phi) is 5.87. The number of anilines is 1. The molecule has 0 aliphatic heterocycles. The summed E-state index contributed by atoms with van der Waals surface area (Å²) < 4.78 is 26.2. The molecule has 2 aromatic heterocycles. The fraction of sp³-hybridized carbons (Fsp3) is 0.136. The zero-order chi connectivity index (χ0) is 21.0. The van der Waals surface area contributed by atoms with Crippen LogP contribution in [0.25, 0.3) is 10.2 Å². The van der Waals surface area contributed by atoms with Crippen molar-refractivity contribution < 1.29 is 13.2 Å². The summed E-state index contributed by atoms with van der Waals surface area (Å²) in [4.78, 5) is 23.7. The molecule has 1 amide bonds. The second-order valence-corrected chi connectivity index (χ2v) is 9.77. The SMILES string of the molecule is O=C(CCS(=O)(=O)c1ccccc1)N(Cc1ccccn1)c1nc2ccccc2s1. The number of rotatable bonds is 7. The van der Waals surface area contributed by atoms with Crippen LogP contribution in [0.1, 0.15) is 12.1 Å². The number of para-hydroxylation sites is 1. The second-order valence-electron chi connectivity index (χ2n) is 6.65. The summed E-state index contributed by atoms with van der Waals surface area (Å²) >= 11 is 1.40. The third-order valence-electron chi connectivity index (χ3n) is 4.55. The molecule has 0 N–H and O–H groups in total. The first kappa shape index (κ1) is 20.2. The lowest BCUT2D eigenvalue weighted by Gasteiger charge is -2.19. The number of nitrogens with zero attached hydrogens (tertiary/aromatic N) is 3. The smallest absolute Gasteiger partial charge is 0.230 e. The van der Waals surface area contributed by atoms with Gasteiger partial charge in [-0.2, -0.15) is 0 Å². The van der Waals surface area contributed by atoms with E-state index in [0.717, 1.165) is 10.2 Å². The lowest BCUT2D eigenvalue weighted by molar-refractivity contribution is -0.118. The van der Waals surface area contributed by atoms with Crippen molar-refractivity contribution in [3.8, 4) is 0 Å². The Bertz CT molecular complexity index is 1220. The van der Waals surface area contributed by atoms with Gasteiger partial charge in [-0.1, -0.05) is 47.7 Å². The predicted molar refractivity (Wildman–Crippen MR) is 118 cm³/mol. The van der Waals surface area contributed by atoms with Crippen LogP contribution in [0.5, 0.6) is 0 Å². The third-order valence-corrected chi connectivity index (χ3v) is 7.34. The molecule has 4 rings (SSSR count). The molecular formula is C22H19N3O3S2. The molecule has 0 saturated carbocycles. The van der Waals surface area contributed by atoms with E-state index >= 15 is 0 Å². The van der Waals surface area contributed by atoms with E-state index in [-0.39, 0.29) is 29.5 Å². The predicted octanol–water partition coefficient (Wildman–Crippen LogP) is 4.09. The fourth-order valence-corrected chi connectivity index (χ4v) is 5.23. The minimum absolute atomic E-state index is 0.139. The molecule has 0 fully saturated rings. The molecule has 0 aliphatic rings. The largest absolute Gasteiger partial charge is 0.282 e. The van der Waals surface area contributed by atoms with Crippen molar-refractivity contribution in [2.24, 2.45) is 0 Å². The van der Waals surface area contributed by atoms with E-state index in [0.29, 0.717) is 10.8 Å². The molecule has 30 heavy (non-hydrogen) atoms. The monoisotopic (exact) mass is 437 g/mol. The van der Waals surface area contributed by atoms with Gasteiger partial charge in [0.1, 0.15) is 0 Å². The van der Waals surface area contributed by atoms with Crippen molar-refractivity contribution >= 4 is 42.4 Å². The Labute approximate surface area is 178 Å². The highest BCUT2D eigenvalue weighted by molar-refractivity contribution is 7.91. The van der Waals surface area contributed by atoms with Gasteiger partial charge in [0.15, 0.2) is 15.0 Å². The number of thiazole rings is 1. The van der Waals surface area contributed by atoms with E-state index in [4.69, 9.17) is 0 Å². The third kappa shape index (κ3) is 4.55. The van der Waals surface area contributed by atoms with E-state index in [1.54, 1.807) is 42.6 Å². The molecule has 4 aromatic rings. The normalized spacial score (nSPS) is 11.5. The first-order valence-corrected chi connectivity index (χ1v) is 11.8. The number of carbonyl (C=O) groups is 1. The molecule has 0 aliphatic carbocycles. The van der Waals surface area contributed by atoms with Gasteiger partial charge in [0.25, 0.3) is 0 Å². The summed E-state index contributed by atoms with van der Waals surface area (Å²) in [6, 6.07) is 21.3. The van der Waals surface area contributed by atoms with Crippen LogP contribution in [-0.2, 0) is 21.2 Å². The number of benzene rings is 2. The summed E-state index contributed by atoms with van der Waals surface area (Å²) in [6.45, 7) is 0.227. The first-order valence-electron chi connectivity index (χ1n) is 9.36. The van der Waals surface area contributed by atoms with Crippen molar-refractivity contribution in [1.82, 2.24) is 9.97 Å². The maximum Gasteiger partial charge on any atom is 0.230 e. The number of hydrogen-bond donors (Lipinski definition) is 0. The number of carbonyl (C=O) groups excluding carboxylic acids is 1. The van der Waals surface area contributed by atoms with Crippen molar-refractivity contribution in [2.45, 2.75) is 17.9 Å². The molecule has 152 valence electrons. The van der Waals surface area contributed by atoms with Gasteiger partial charge in [-0.05, 0) is 36.4 Å². The van der Waals surface area contributed by atoms with Crippen molar-refractivity contribution in [1.29, 1.82) is 0 Å². The zero-order valence-electron chi connectivity index (χ0n) is 16.0. The topological polar surface area (TPSA) is 80.2 Å². The highest BCUT2D eigenvalue weighted by atomic mass is 32.2. The molecule has 0 bridgehead atoms. The average molecular weight is 438 g/mol. The molecule has 2 heterocycles. The van der Waals surface area contributed by atoms with Crippen molar-refractivity contribution in [3.05, 3.63) is 84.7 Å². The molecule has 8 heteroatoms. The lowest BCUT2D eigenvalue weighted by atomic mass is 10.3. The Balaban J connectivity index is 1.59. The summed E-state index contributed by atoms with van der Waals surface area (Å²) in [7, 11) is -3.55. The Hall–Kier alpha value is -3.10. The first-order chi connectivity index (χ1) is 14.5. The number of hydrogen-bond acceptors (Lipinski definition) is 6. The molecule has 6 nitrogen and oxygen atoms in total. The molecule has 0 atom stereocenters. The quantitative estimate of drug-likeness (QED) is 0.435. The number of pyridine rings is 1.